The predicted molar refractivity (Wildman–Crippen MR) is 160 cm³/mol. The van der Waals surface area contributed by atoms with Gasteiger partial charge in [0, 0.05) is 6.07 Å². The molecular formula is C34H38O7. The topological polar surface area (TPSA) is 64.6 Å². The lowest BCUT2D eigenvalue weighted by molar-refractivity contribution is 0.328. The van der Waals surface area contributed by atoms with Crippen LogP contribution in [0.15, 0.2) is 72.8 Å². The van der Waals surface area contributed by atoms with Gasteiger partial charge in [0.05, 0.1) is 42.7 Å². The van der Waals surface area contributed by atoms with Gasteiger partial charge in [0.15, 0.2) is 23.0 Å². The summed E-state index contributed by atoms with van der Waals surface area (Å²) >= 11 is 0. The molecule has 0 atom stereocenters. The van der Waals surface area contributed by atoms with Gasteiger partial charge in [-0.3, -0.25) is 0 Å². The Balaban J connectivity index is 1.62. The minimum Gasteiger partial charge on any atom is -0.497 e. The molecule has 0 aliphatic rings. The molecule has 0 heterocycles. The van der Waals surface area contributed by atoms with Gasteiger partial charge in [0.2, 0.25) is 5.75 Å². The van der Waals surface area contributed by atoms with Gasteiger partial charge in [-0.05, 0) is 90.4 Å². The fraction of sp³-hybridized carbons (Fsp3) is 0.294. The first kappa shape index (κ1) is 29.5. The number of methoxy groups -OCH3 is 6. The number of hydrogen-bond donors (Lipinski definition) is 0. The summed E-state index contributed by atoms with van der Waals surface area (Å²) in [5.41, 5.74) is 4.42. The standard InChI is InChI=1S/C34H38O7/c1-35-27-16-13-23(14-17-27)12-15-26-21-31(30(38-4)22-29(26)37-3)41-33-20-25(19-32(39-5)34(33)40-6)11-10-24-8-7-9-28(18-24)36-2/h7-9,13-14,16-22H,10-12,15H2,1-6H3. The normalized spacial score (nSPS) is 10.6. The fourth-order valence-corrected chi connectivity index (χ4v) is 4.72. The minimum absolute atomic E-state index is 0.510. The molecule has 4 aromatic carbocycles. The van der Waals surface area contributed by atoms with Gasteiger partial charge in [0.1, 0.15) is 17.2 Å². The van der Waals surface area contributed by atoms with E-state index < -0.39 is 0 Å². The second-order valence-corrected chi connectivity index (χ2v) is 9.45. The zero-order valence-corrected chi connectivity index (χ0v) is 24.6. The Kier molecular flexibility index (Phi) is 10.2. The summed E-state index contributed by atoms with van der Waals surface area (Å²) in [5.74, 6) is 5.17. The van der Waals surface area contributed by atoms with Crippen molar-refractivity contribution in [3.05, 3.63) is 95.1 Å². The van der Waals surface area contributed by atoms with E-state index in [2.05, 4.69) is 18.2 Å². The molecule has 0 aliphatic carbocycles. The highest BCUT2D eigenvalue weighted by atomic mass is 16.5. The number of hydrogen-bond acceptors (Lipinski definition) is 7. The monoisotopic (exact) mass is 558 g/mol. The van der Waals surface area contributed by atoms with Crippen molar-refractivity contribution in [2.45, 2.75) is 25.7 Å². The zero-order chi connectivity index (χ0) is 29.2. The van der Waals surface area contributed by atoms with E-state index >= 15 is 0 Å². The van der Waals surface area contributed by atoms with Crippen molar-refractivity contribution >= 4 is 0 Å². The number of rotatable bonds is 14. The second kappa shape index (κ2) is 14.2. The first-order valence-corrected chi connectivity index (χ1v) is 13.4. The molecule has 0 radical (unpaired) electrons. The van der Waals surface area contributed by atoms with E-state index in [1.165, 1.54) is 11.1 Å². The molecule has 0 fully saturated rings. The summed E-state index contributed by atoms with van der Waals surface area (Å²) in [6, 6.07) is 24.0. The second-order valence-electron chi connectivity index (χ2n) is 9.45. The summed E-state index contributed by atoms with van der Waals surface area (Å²) in [6.07, 6.45) is 3.17. The molecule has 0 saturated carbocycles. The Labute approximate surface area is 242 Å². The summed E-state index contributed by atoms with van der Waals surface area (Å²) in [6.45, 7) is 0. The lowest BCUT2D eigenvalue weighted by atomic mass is 10.0. The maximum atomic E-state index is 6.49. The molecule has 41 heavy (non-hydrogen) atoms. The molecule has 0 unspecified atom stereocenters. The largest absolute Gasteiger partial charge is 0.497 e. The molecule has 0 aliphatic heterocycles. The number of ether oxygens (including phenoxy) is 7. The average molecular weight is 559 g/mol. The van der Waals surface area contributed by atoms with Crippen molar-refractivity contribution in [1.29, 1.82) is 0 Å². The smallest absolute Gasteiger partial charge is 0.203 e. The van der Waals surface area contributed by atoms with Crippen molar-refractivity contribution in [2.24, 2.45) is 0 Å². The predicted octanol–water partition coefficient (Wildman–Crippen LogP) is 7.10. The fourth-order valence-electron chi connectivity index (χ4n) is 4.72. The summed E-state index contributed by atoms with van der Waals surface area (Å²) in [7, 11) is 9.84. The molecule has 216 valence electrons. The maximum Gasteiger partial charge on any atom is 0.203 e. The summed E-state index contributed by atoms with van der Waals surface area (Å²) in [4.78, 5) is 0. The van der Waals surface area contributed by atoms with Crippen molar-refractivity contribution in [3.63, 3.8) is 0 Å². The van der Waals surface area contributed by atoms with Crippen LogP contribution in [-0.4, -0.2) is 42.7 Å². The Morgan fingerprint density at radius 1 is 0.415 bits per heavy atom. The van der Waals surface area contributed by atoms with Crippen LogP contribution in [-0.2, 0) is 25.7 Å². The first-order chi connectivity index (χ1) is 20.0. The van der Waals surface area contributed by atoms with E-state index in [-0.39, 0.29) is 0 Å². The highest BCUT2D eigenvalue weighted by molar-refractivity contribution is 5.58. The van der Waals surface area contributed by atoms with Crippen LogP contribution in [0, 0.1) is 0 Å². The first-order valence-electron chi connectivity index (χ1n) is 13.4. The molecule has 0 saturated heterocycles. The molecule has 0 amide bonds. The van der Waals surface area contributed by atoms with Crippen LogP contribution in [0.5, 0.6) is 46.0 Å². The van der Waals surface area contributed by atoms with Crippen LogP contribution in [0.25, 0.3) is 0 Å². The van der Waals surface area contributed by atoms with Crippen LogP contribution >= 0.6 is 0 Å². The van der Waals surface area contributed by atoms with Gasteiger partial charge in [-0.15, -0.1) is 0 Å². The lowest BCUT2D eigenvalue weighted by Gasteiger charge is -2.19. The lowest BCUT2D eigenvalue weighted by Crippen LogP contribution is -2.01. The maximum absolute atomic E-state index is 6.49. The third-order valence-corrected chi connectivity index (χ3v) is 6.97. The van der Waals surface area contributed by atoms with E-state index in [9.17, 15) is 0 Å². The number of benzene rings is 4. The SMILES string of the molecule is COc1ccc(CCc2cc(Oc3cc(CCc4cccc(OC)c4)cc(OC)c3OC)c(OC)cc2OC)cc1. The van der Waals surface area contributed by atoms with Crippen LogP contribution in [0.2, 0.25) is 0 Å². The quantitative estimate of drug-likeness (QED) is 0.164. The van der Waals surface area contributed by atoms with Gasteiger partial charge < -0.3 is 33.2 Å². The van der Waals surface area contributed by atoms with Crippen molar-refractivity contribution in [3.8, 4) is 46.0 Å². The van der Waals surface area contributed by atoms with Gasteiger partial charge in [-0.2, -0.15) is 0 Å². The molecule has 0 bridgehead atoms. The van der Waals surface area contributed by atoms with Crippen LogP contribution in [0.3, 0.4) is 0 Å². The van der Waals surface area contributed by atoms with E-state index in [0.29, 0.717) is 28.7 Å². The molecule has 7 heteroatoms. The van der Waals surface area contributed by atoms with Crippen molar-refractivity contribution < 1.29 is 33.2 Å². The molecule has 0 spiro atoms. The summed E-state index contributed by atoms with van der Waals surface area (Å²) in [5, 5.41) is 0. The molecule has 0 N–H and O–H groups in total. The van der Waals surface area contributed by atoms with Crippen molar-refractivity contribution in [1.82, 2.24) is 0 Å². The Bertz CT molecular complexity index is 1430. The molecule has 0 aromatic heterocycles. The van der Waals surface area contributed by atoms with E-state index in [0.717, 1.165) is 54.1 Å². The van der Waals surface area contributed by atoms with Crippen LogP contribution < -0.4 is 33.2 Å². The Hall–Kier alpha value is -4.52. The minimum atomic E-state index is 0.510. The Morgan fingerprint density at radius 2 is 1.07 bits per heavy atom. The van der Waals surface area contributed by atoms with Gasteiger partial charge in [0.25, 0.3) is 0 Å². The summed E-state index contributed by atoms with van der Waals surface area (Å²) < 4.78 is 39.9. The molecule has 7 nitrogen and oxygen atoms in total. The molecule has 4 aromatic rings. The number of aryl methyl sites for hydroxylation is 4. The molecule has 4 rings (SSSR count). The van der Waals surface area contributed by atoms with Crippen LogP contribution in [0.1, 0.15) is 22.3 Å². The van der Waals surface area contributed by atoms with Gasteiger partial charge in [-0.1, -0.05) is 24.3 Å². The molecular weight excluding hydrogens is 520 g/mol. The third-order valence-electron chi connectivity index (χ3n) is 6.97. The van der Waals surface area contributed by atoms with Crippen LogP contribution in [0.4, 0.5) is 0 Å². The van der Waals surface area contributed by atoms with E-state index in [1.54, 1.807) is 42.7 Å². The van der Waals surface area contributed by atoms with E-state index in [1.807, 2.05) is 54.6 Å². The van der Waals surface area contributed by atoms with E-state index in [4.69, 9.17) is 33.2 Å². The van der Waals surface area contributed by atoms with Gasteiger partial charge >= 0.3 is 0 Å². The highest BCUT2D eigenvalue weighted by Crippen LogP contribution is 2.44. The third kappa shape index (κ3) is 7.37. The van der Waals surface area contributed by atoms with Crippen molar-refractivity contribution in [2.75, 3.05) is 42.7 Å². The zero-order valence-electron chi connectivity index (χ0n) is 24.6. The average Bonchev–Trinajstić information content (AvgIpc) is 3.02. The van der Waals surface area contributed by atoms with Gasteiger partial charge in [-0.25, -0.2) is 0 Å². The highest BCUT2D eigenvalue weighted by Gasteiger charge is 2.19. The Morgan fingerprint density at radius 3 is 1.73 bits per heavy atom.